The van der Waals surface area contributed by atoms with Crippen LogP contribution in [0.25, 0.3) is 0 Å². The minimum atomic E-state index is -0.860. The standard InChI is InChI=1S/C14H23NO2S/c1-14(2,3)18(16)11-10-17-13-6-4-12(5-7-13)8-9-15/h4-7H,8-11,15H2,1-3H3. The Hall–Kier alpha value is -0.870. The molecule has 0 aliphatic rings. The molecule has 1 aromatic carbocycles. The summed E-state index contributed by atoms with van der Waals surface area (Å²) in [6.07, 6.45) is 0.883. The van der Waals surface area contributed by atoms with Gasteiger partial charge in [-0.3, -0.25) is 4.21 Å². The maximum absolute atomic E-state index is 11.8. The Morgan fingerprint density at radius 1 is 1.22 bits per heavy atom. The summed E-state index contributed by atoms with van der Waals surface area (Å²) in [6.45, 7) is 7.07. The van der Waals surface area contributed by atoms with E-state index in [2.05, 4.69) is 0 Å². The number of ether oxygens (including phenoxy) is 1. The molecule has 0 fully saturated rings. The second-order valence-corrected chi connectivity index (χ2v) is 7.52. The first-order chi connectivity index (χ1) is 8.43. The van der Waals surface area contributed by atoms with Gasteiger partial charge in [0.25, 0.3) is 0 Å². The molecular weight excluding hydrogens is 246 g/mol. The maximum Gasteiger partial charge on any atom is 0.119 e. The van der Waals surface area contributed by atoms with Gasteiger partial charge in [-0.05, 0) is 51.4 Å². The molecule has 1 atom stereocenters. The zero-order valence-corrected chi connectivity index (χ0v) is 12.3. The SMILES string of the molecule is CC(C)(C)S(=O)CCOc1ccc(CCN)cc1. The molecule has 0 amide bonds. The Kier molecular flexibility index (Phi) is 5.82. The van der Waals surface area contributed by atoms with Crippen LogP contribution in [0, 0.1) is 0 Å². The first-order valence-corrected chi connectivity index (χ1v) is 7.55. The summed E-state index contributed by atoms with van der Waals surface area (Å²) >= 11 is 0. The molecule has 1 rings (SSSR count). The van der Waals surface area contributed by atoms with Crippen LogP contribution in [0.5, 0.6) is 5.75 Å². The van der Waals surface area contributed by atoms with Crippen molar-refractivity contribution in [2.75, 3.05) is 18.9 Å². The third-order valence-electron chi connectivity index (χ3n) is 2.58. The van der Waals surface area contributed by atoms with Crippen LogP contribution in [0.3, 0.4) is 0 Å². The highest BCUT2D eigenvalue weighted by molar-refractivity contribution is 7.86. The lowest BCUT2D eigenvalue weighted by molar-refractivity contribution is 0.342. The van der Waals surface area contributed by atoms with Crippen LogP contribution in [-0.4, -0.2) is 27.9 Å². The highest BCUT2D eigenvalue weighted by atomic mass is 32.2. The third kappa shape index (κ3) is 5.19. The molecule has 0 aliphatic heterocycles. The monoisotopic (exact) mass is 269 g/mol. The fourth-order valence-electron chi connectivity index (χ4n) is 1.46. The average molecular weight is 269 g/mol. The van der Waals surface area contributed by atoms with E-state index in [4.69, 9.17) is 10.5 Å². The van der Waals surface area contributed by atoms with E-state index in [0.717, 1.165) is 12.2 Å². The van der Waals surface area contributed by atoms with Crippen molar-refractivity contribution in [2.24, 2.45) is 5.73 Å². The summed E-state index contributed by atoms with van der Waals surface area (Å²) in [4.78, 5) is 0. The Labute approximate surface area is 112 Å². The van der Waals surface area contributed by atoms with Crippen molar-refractivity contribution >= 4 is 10.8 Å². The molecule has 4 heteroatoms. The molecule has 0 aromatic heterocycles. The van der Waals surface area contributed by atoms with Crippen molar-refractivity contribution in [3.8, 4) is 5.75 Å². The number of rotatable bonds is 6. The van der Waals surface area contributed by atoms with Gasteiger partial charge in [0.15, 0.2) is 0 Å². The fourth-order valence-corrected chi connectivity index (χ4v) is 2.31. The lowest BCUT2D eigenvalue weighted by Gasteiger charge is -2.17. The van der Waals surface area contributed by atoms with Crippen molar-refractivity contribution in [3.05, 3.63) is 29.8 Å². The van der Waals surface area contributed by atoms with Crippen molar-refractivity contribution in [2.45, 2.75) is 31.9 Å². The summed E-state index contributed by atoms with van der Waals surface area (Å²) in [6, 6.07) is 7.90. The Morgan fingerprint density at radius 2 is 1.83 bits per heavy atom. The lowest BCUT2D eigenvalue weighted by atomic mass is 10.1. The van der Waals surface area contributed by atoms with E-state index in [1.807, 2.05) is 45.0 Å². The van der Waals surface area contributed by atoms with Crippen LogP contribution in [-0.2, 0) is 17.2 Å². The van der Waals surface area contributed by atoms with Crippen LogP contribution >= 0.6 is 0 Å². The minimum Gasteiger partial charge on any atom is -0.493 e. The van der Waals surface area contributed by atoms with Gasteiger partial charge in [0.2, 0.25) is 0 Å². The molecule has 2 N–H and O–H groups in total. The van der Waals surface area contributed by atoms with Crippen molar-refractivity contribution in [3.63, 3.8) is 0 Å². The number of benzene rings is 1. The van der Waals surface area contributed by atoms with E-state index in [1.54, 1.807) is 0 Å². The van der Waals surface area contributed by atoms with Gasteiger partial charge in [0.1, 0.15) is 5.75 Å². The summed E-state index contributed by atoms with van der Waals surface area (Å²) < 4.78 is 17.2. The summed E-state index contributed by atoms with van der Waals surface area (Å²) in [7, 11) is -0.860. The molecule has 1 aromatic rings. The van der Waals surface area contributed by atoms with Crippen LogP contribution in [0.2, 0.25) is 0 Å². The van der Waals surface area contributed by atoms with Gasteiger partial charge in [-0.2, -0.15) is 0 Å². The number of hydrogen-bond donors (Lipinski definition) is 1. The molecule has 102 valence electrons. The topological polar surface area (TPSA) is 52.3 Å². The largest absolute Gasteiger partial charge is 0.493 e. The van der Waals surface area contributed by atoms with Gasteiger partial charge in [-0.25, -0.2) is 0 Å². The van der Waals surface area contributed by atoms with E-state index in [9.17, 15) is 4.21 Å². The van der Waals surface area contributed by atoms with Crippen molar-refractivity contribution < 1.29 is 8.95 Å². The summed E-state index contributed by atoms with van der Waals surface area (Å²) in [5.74, 6) is 1.38. The van der Waals surface area contributed by atoms with Crippen molar-refractivity contribution in [1.82, 2.24) is 0 Å². The first-order valence-electron chi connectivity index (χ1n) is 6.24. The van der Waals surface area contributed by atoms with Crippen LogP contribution in [0.15, 0.2) is 24.3 Å². The molecule has 0 spiro atoms. The van der Waals surface area contributed by atoms with Crippen LogP contribution < -0.4 is 10.5 Å². The molecule has 1 unspecified atom stereocenters. The van der Waals surface area contributed by atoms with Gasteiger partial charge in [0.05, 0.1) is 12.4 Å². The van der Waals surface area contributed by atoms with E-state index in [-0.39, 0.29) is 4.75 Å². The average Bonchev–Trinajstić information content (AvgIpc) is 2.30. The van der Waals surface area contributed by atoms with Crippen molar-refractivity contribution in [1.29, 1.82) is 0 Å². The third-order valence-corrected chi connectivity index (χ3v) is 4.48. The minimum absolute atomic E-state index is 0.172. The van der Waals surface area contributed by atoms with Crippen LogP contribution in [0.4, 0.5) is 0 Å². The first kappa shape index (κ1) is 15.2. The summed E-state index contributed by atoms with van der Waals surface area (Å²) in [5.41, 5.74) is 6.70. The second kappa shape index (κ2) is 6.90. The van der Waals surface area contributed by atoms with Gasteiger partial charge in [-0.1, -0.05) is 12.1 Å². The lowest BCUT2D eigenvalue weighted by Crippen LogP contribution is -2.26. The normalized spacial score (nSPS) is 13.3. The Balaban J connectivity index is 2.38. The Morgan fingerprint density at radius 3 is 2.33 bits per heavy atom. The molecular formula is C14H23NO2S. The highest BCUT2D eigenvalue weighted by Gasteiger charge is 2.18. The predicted molar refractivity (Wildman–Crippen MR) is 77.5 cm³/mol. The fraction of sp³-hybridized carbons (Fsp3) is 0.571. The number of hydrogen-bond acceptors (Lipinski definition) is 3. The predicted octanol–water partition coefficient (Wildman–Crippen LogP) is 2.11. The number of nitrogens with two attached hydrogens (primary N) is 1. The molecule has 3 nitrogen and oxygen atoms in total. The van der Waals surface area contributed by atoms with Gasteiger partial charge in [0, 0.05) is 15.5 Å². The highest BCUT2D eigenvalue weighted by Crippen LogP contribution is 2.14. The molecule has 0 radical (unpaired) electrons. The molecule has 0 saturated carbocycles. The second-order valence-electron chi connectivity index (χ2n) is 5.19. The molecule has 0 aliphatic carbocycles. The van der Waals surface area contributed by atoms with E-state index < -0.39 is 10.8 Å². The molecule has 0 bridgehead atoms. The van der Waals surface area contributed by atoms with E-state index in [0.29, 0.717) is 18.9 Å². The van der Waals surface area contributed by atoms with Crippen LogP contribution in [0.1, 0.15) is 26.3 Å². The maximum atomic E-state index is 11.8. The van der Waals surface area contributed by atoms with E-state index >= 15 is 0 Å². The summed E-state index contributed by atoms with van der Waals surface area (Å²) in [5, 5.41) is 0. The van der Waals surface area contributed by atoms with E-state index in [1.165, 1.54) is 5.56 Å². The molecule has 18 heavy (non-hydrogen) atoms. The van der Waals surface area contributed by atoms with Gasteiger partial charge >= 0.3 is 0 Å². The molecule has 0 heterocycles. The zero-order chi connectivity index (χ0) is 13.6. The Bertz CT molecular complexity index is 382. The smallest absolute Gasteiger partial charge is 0.119 e. The quantitative estimate of drug-likeness (QED) is 0.860. The van der Waals surface area contributed by atoms with Gasteiger partial charge < -0.3 is 10.5 Å². The zero-order valence-electron chi connectivity index (χ0n) is 11.4. The van der Waals surface area contributed by atoms with Gasteiger partial charge in [-0.15, -0.1) is 0 Å². The molecule has 0 saturated heterocycles.